The third-order valence-corrected chi connectivity index (χ3v) is 11.2. The topological polar surface area (TPSA) is 149 Å². The number of nitrogens with zero attached hydrogens (tertiary/aromatic N) is 3. The van der Waals surface area contributed by atoms with Crippen LogP contribution < -0.4 is 33.7 Å². The molecule has 1 aliphatic heterocycles. The fraction of sp³-hybridized carbons (Fsp3) is 0.400. The van der Waals surface area contributed by atoms with E-state index in [1.165, 1.54) is 22.3 Å². The number of quaternary nitrogens is 1. The number of para-hydroxylation sites is 4. The van der Waals surface area contributed by atoms with Crippen molar-refractivity contribution in [2.24, 2.45) is 0 Å². The largest absolute Gasteiger partial charge is 2.00 e. The maximum absolute atomic E-state index is 10.7. The molecule has 2 N–H and O–H groups in total. The Morgan fingerprint density at radius 1 is 0.530 bits per heavy atom. The van der Waals surface area contributed by atoms with Crippen LogP contribution in [0.4, 0.5) is 25.2 Å². The maximum atomic E-state index is 9.87. The number of rotatable bonds is 17. The number of fused-ring (bicyclic) bond motifs is 2. The van der Waals surface area contributed by atoms with Gasteiger partial charge in [0.1, 0.15) is 51.1 Å². The molecule has 15 nitrogen and oxygen atoms in total. The zero-order valence-electron chi connectivity index (χ0n) is 47.0. The van der Waals surface area contributed by atoms with Crippen molar-refractivity contribution >= 4 is 7.81 Å². The number of aromatic nitrogens is 3. The zero-order chi connectivity index (χ0) is 58.5. The van der Waals surface area contributed by atoms with Gasteiger partial charge in [0.05, 0.1) is 91.5 Å². The first-order chi connectivity index (χ1) is 39.5. The molecule has 0 saturated carbocycles. The molecule has 0 saturated heterocycles. The van der Waals surface area contributed by atoms with Gasteiger partial charge in [0.2, 0.25) is 0 Å². The number of hydrogen-bond donors (Lipinski definition) is 1. The smallest absolute Gasteiger partial charge is 0.487 e. The molecule has 1 aromatic heterocycles. The summed E-state index contributed by atoms with van der Waals surface area (Å²) >= 11 is 0. The first-order valence-electron chi connectivity index (χ1n) is 27.2. The van der Waals surface area contributed by atoms with E-state index in [0.29, 0.717) is 135 Å². The Balaban J connectivity index is 0.000000296. The maximum Gasteiger partial charge on any atom is 2.00 e. The minimum Gasteiger partial charge on any atom is -0.487 e. The van der Waals surface area contributed by atoms with Crippen LogP contribution >= 0.6 is 7.81 Å². The summed E-state index contributed by atoms with van der Waals surface area (Å²) in [4.78, 5) is 0. The minimum absolute atomic E-state index is 0. The minimum atomic E-state index is -10.7. The predicted octanol–water partition coefficient (Wildman–Crippen LogP) is 12.1. The van der Waals surface area contributed by atoms with Crippen LogP contribution in [0.25, 0.3) is 0 Å². The Hall–Kier alpha value is -6.19. The molecule has 7 aromatic rings. The van der Waals surface area contributed by atoms with Gasteiger partial charge in [-0.05, 0) is 105 Å². The van der Waals surface area contributed by atoms with Crippen LogP contribution in [-0.4, -0.2) is 121 Å². The molecule has 8 rings (SSSR count). The number of unbranched alkanes of at least 4 members (excludes halogenated alkanes) is 1. The fourth-order valence-corrected chi connectivity index (χ4v) is 7.52. The Kier molecular flexibility index (Phi) is 31.6. The van der Waals surface area contributed by atoms with Gasteiger partial charge in [-0.2, -0.15) is 30.3 Å². The van der Waals surface area contributed by atoms with E-state index in [2.05, 4.69) is 84.1 Å². The third-order valence-electron chi connectivity index (χ3n) is 11.2. The number of ether oxygens (including phenoxy) is 11. The summed E-state index contributed by atoms with van der Waals surface area (Å²) in [6, 6.07) is 48.3. The van der Waals surface area contributed by atoms with Crippen molar-refractivity contribution in [3.63, 3.8) is 0 Å². The third kappa shape index (κ3) is 35.5. The van der Waals surface area contributed by atoms with Crippen LogP contribution in [0.2, 0.25) is 0 Å². The molecule has 0 bridgehead atoms. The summed E-state index contributed by atoms with van der Waals surface area (Å²) in [6.07, 6.45) is 4.89. The van der Waals surface area contributed by atoms with E-state index in [1.54, 1.807) is 0 Å². The van der Waals surface area contributed by atoms with E-state index in [4.69, 9.17) is 52.1 Å². The molecular weight excluding hydrogens is 1150 g/mol. The molecular formula is C60H77F6FeN4O11P. The van der Waals surface area contributed by atoms with Crippen molar-refractivity contribution in [1.82, 2.24) is 15.0 Å². The Bertz CT molecular complexity index is 2570. The molecule has 0 unspecified atom stereocenters. The Morgan fingerprint density at radius 2 is 1.02 bits per heavy atom. The second-order valence-corrected chi connectivity index (χ2v) is 20.3. The van der Waals surface area contributed by atoms with E-state index in [9.17, 15) is 25.2 Å². The summed E-state index contributed by atoms with van der Waals surface area (Å²) in [7, 11) is -10.7. The number of hydrogen-bond acceptors (Lipinski definition) is 13. The van der Waals surface area contributed by atoms with Crippen molar-refractivity contribution in [1.29, 1.82) is 0 Å². The van der Waals surface area contributed by atoms with Gasteiger partial charge in [0.25, 0.3) is 0 Å². The van der Waals surface area contributed by atoms with Crippen LogP contribution in [0.3, 0.4) is 0 Å². The molecule has 0 aliphatic carbocycles. The van der Waals surface area contributed by atoms with Gasteiger partial charge in [-0.15, -0.1) is 10.7 Å². The van der Waals surface area contributed by atoms with Crippen LogP contribution in [0, 0.1) is 13.8 Å². The monoisotopic (exact) mass is 1230 g/mol. The van der Waals surface area contributed by atoms with Crippen LogP contribution in [-0.2, 0) is 66.8 Å². The Morgan fingerprint density at radius 3 is 1.49 bits per heavy atom. The van der Waals surface area contributed by atoms with Gasteiger partial charge >= 0.3 is 50.1 Å². The van der Waals surface area contributed by atoms with Crippen LogP contribution in [0.5, 0.6) is 34.5 Å². The van der Waals surface area contributed by atoms with E-state index in [-0.39, 0.29) is 17.1 Å². The van der Waals surface area contributed by atoms with E-state index < -0.39 is 7.81 Å². The van der Waals surface area contributed by atoms with Crippen molar-refractivity contribution in [2.45, 2.75) is 52.7 Å². The molecule has 0 fully saturated rings. The second-order valence-electron chi connectivity index (χ2n) is 18.4. The summed E-state index contributed by atoms with van der Waals surface area (Å²) < 4.78 is 124. The molecule has 2 heterocycles. The van der Waals surface area contributed by atoms with E-state index in [0.717, 1.165) is 49.5 Å². The predicted molar refractivity (Wildman–Crippen MR) is 302 cm³/mol. The quantitative estimate of drug-likeness (QED) is 0.0303. The molecule has 0 amide bonds. The standard InChI is InChI=1S/C31H39N4O3.C24H32O8.C5H5.F6P.Fe/c1-25-19-26(2)21-31(20-25)38-18-17-36-16-14-35-24-29(33-34-35)9-5-6-15-37-30-12-10-28(11-13-30)23-32-22-27-7-3-4-8-27;1-2-6-22-21(5-1)29-17-13-25-9-10-27-15-19-31-23-7-3-4-8-24(23)32-20-16-28-12-11-26-14-18-30-22;1-2-4-5-3-1;1-7(2,3,4,5)6;/h3-4,7-8,10-13,19-21,24,32H,5-6,9,14-18,22-23H2,1-2H3;1-8H,9-20H2;1-5H;;/q-1;;2*-1;+2/p+1. The van der Waals surface area contributed by atoms with Crippen molar-refractivity contribution < 1.29 is 99.7 Å². The first kappa shape index (κ1) is 69.3. The fourth-order valence-electron chi connectivity index (χ4n) is 7.52. The second kappa shape index (κ2) is 37.9. The molecule has 6 aromatic carbocycles. The van der Waals surface area contributed by atoms with Gasteiger partial charge in [-0.3, -0.25) is 0 Å². The average molecular weight is 1230 g/mol. The molecule has 0 atom stereocenters. The zero-order valence-corrected chi connectivity index (χ0v) is 49.0. The van der Waals surface area contributed by atoms with Gasteiger partial charge in [-0.25, -0.2) is 28.9 Å². The molecule has 83 heavy (non-hydrogen) atoms. The summed E-state index contributed by atoms with van der Waals surface area (Å²) in [5.74, 6) is 4.55. The number of benzene rings is 4. The first-order valence-corrected chi connectivity index (χ1v) is 29.2. The molecule has 458 valence electrons. The molecule has 23 heteroatoms. The van der Waals surface area contributed by atoms with Gasteiger partial charge < -0.3 is 57.4 Å². The van der Waals surface area contributed by atoms with Crippen molar-refractivity contribution in [2.75, 3.05) is 106 Å². The van der Waals surface area contributed by atoms with Crippen molar-refractivity contribution in [3.8, 4) is 34.5 Å². The van der Waals surface area contributed by atoms with Crippen LogP contribution in [0.15, 0.2) is 152 Å². The number of aryl methyl sites for hydroxylation is 3. The van der Waals surface area contributed by atoms with Gasteiger partial charge in [0.15, 0.2) is 23.0 Å². The van der Waals surface area contributed by atoms with Gasteiger partial charge in [-0.1, -0.05) is 35.5 Å². The molecule has 0 radical (unpaired) electrons. The van der Waals surface area contributed by atoms with Gasteiger partial charge in [0, 0.05) is 11.8 Å². The Labute approximate surface area is 493 Å². The van der Waals surface area contributed by atoms with E-state index >= 15 is 0 Å². The molecule has 0 spiro atoms. The summed E-state index contributed by atoms with van der Waals surface area (Å²) in [5, 5.41) is 10.8. The van der Waals surface area contributed by atoms with Crippen molar-refractivity contribution in [3.05, 3.63) is 180 Å². The van der Waals surface area contributed by atoms with E-state index in [1.807, 2.05) is 102 Å². The number of halogens is 6. The SMILES string of the molecule is Cc1cc(C)cc(OCCOCCn2cc(CCCCOc3ccc(C[NH2+]Cc4ccc[cH-]4)cc3)nn2)c1.F[P-](F)(F)(F)(F)F.[Fe+2].c1cc[cH-]c1.c1ccc2c(c1)OCCOCCOCCOc1ccccc1OCCOCCOCCO2. The average Bonchev–Trinajstić information content (AvgIpc) is 4.30. The number of nitrogens with two attached hydrogens (primary N) is 1. The van der Waals surface area contributed by atoms with Crippen LogP contribution in [0.1, 0.15) is 40.8 Å². The molecule has 1 aliphatic rings. The normalized spacial score (nSPS) is 14.6. The summed E-state index contributed by atoms with van der Waals surface area (Å²) in [5.41, 5.74) is 6.09. The summed E-state index contributed by atoms with van der Waals surface area (Å²) in [6.45, 7) is 14.7.